The second kappa shape index (κ2) is 35.6. The maximum Gasteiger partial charge on any atom is 0.246 e. The van der Waals surface area contributed by atoms with Gasteiger partial charge in [-0.2, -0.15) is 0 Å². The molecule has 12 atom stereocenters. The van der Waals surface area contributed by atoms with Crippen LogP contribution in [0.25, 0.3) is 0 Å². The average molecular weight is 1220 g/mol. The molecule has 1 aliphatic rings. The average Bonchev–Trinajstić information content (AvgIpc) is 3.10. The summed E-state index contributed by atoms with van der Waals surface area (Å²) in [6, 6.07) is -12.8. The molecule has 0 aliphatic carbocycles. The van der Waals surface area contributed by atoms with Gasteiger partial charge < -0.3 is 65.8 Å². The Labute approximate surface area is 513 Å². The summed E-state index contributed by atoms with van der Waals surface area (Å²) in [5.74, 6) is -10.4. The van der Waals surface area contributed by atoms with Gasteiger partial charge in [-0.15, -0.1) is 0 Å². The number of aliphatic hydroxyl groups excluding tert-OH is 2. The molecule has 1 fully saturated rings. The SMILES string of the molecule is C/C=C/C[C@@H](C)[C@@H](O)[C@H]1C(=O)N[C@@H](CCO)C(=O)N(C)CC(=O)N(C)[C@@H](CC(C)C)C(=O)N[C@@H](C(C)C)C(=O)N(C)[C@@H](CC(C)C)C(=O)N[C@@H](C)C(=O)N[C@@H](C)C(=O)N(C)[C@@H](CC(C)C)C(=O)N(C)[C@@H](CC(C)C)C(=O)N(C)[C@@H](C(C)C)C(=O)N1C. The highest BCUT2D eigenvalue weighted by Crippen LogP contribution is 2.26. The van der Waals surface area contributed by atoms with Crippen molar-refractivity contribution in [3.05, 3.63) is 12.2 Å². The highest BCUT2D eigenvalue weighted by Gasteiger charge is 2.46. The van der Waals surface area contributed by atoms with Crippen molar-refractivity contribution in [2.75, 3.05) is 62.5 Å². The first-order chi connectivity index (χ1) is 39.7. The molecule has 24 nitrogen and oxygen atoms in total. The van der Waals surface area contributed by atoms with Crippen LogP contribution in [0.2, 0.25) is 0 Å². The predicted molar refractivity (Wildman–Crippen MR) is 330 cm³/mol. The molecule has 0 saturated carbocycles. The Hall–Kier alpha value is -6.17. The van der Waals surface area contributed by atoms with E-state index < -0.39 is 162 Å². The number of rotatable bonds is 16. The van der Waals surface area contributed by atoms with E-state index in [0.717, 1.165) is 9.80 Å². The first-order valence-electron chi connectivity index (χ1n) is 30.7. The summed E-state index contributed by atoms with van der Waals surface area (Å²) in [5, 5.41) is 33.2. The van der Waals surface area contributed by atoms with Crippen LogP contribution < -0.4 is 21.3 Å². The Balaban J connectivity index is 4.36. The maximum atomic E-state index is 15.1. The topological polar surface area (TPSA) is 299 Å². The highest BCUT2D eigenvalue weighted by molar-refractivity contribution is 5.99. The van der Waals surface area contributed by atoms with Gasteiger partial charge in [-0.3, -0.25) is 52.7 Å². The first kappa shape index (κ1) is 77.8. The van der Waals surface area contributed by atoms with Gasteiger partial charge >= 0.3 is 0 Å². The quantitative estimate of drug-likeness (QED) is 0.121. The number of carbonyl (C=O) groups is 11. The summed E-state index contributed by atoms with van der Waals surface area (Å²) in [6.07, 6.45) is 2.44. The lowest BCUT2D eigenvalue weighted by Gasteiger charge is -2.41. The summed E-state index contributed by atoms with van der Waals surface area (Å²) in [4.78, 5) is 168. The third-order valence-corrected chi connectivity index (χ3v) is 16.1. The van der Waals surface area contributed by atoms with Gasteiger partial charge in [-0.05, 0) is 101 Å². The van der Waals surface area contributed by atoms with Crippen molar-refractivity contribution < 1.29 is 63.0 Å². The van der Waals surface area contributed by atoms with Crippen molar-refractivity contribution in [2.24, 2.45) is 41.4 Å². The molecule has 1 heterocycles. The Morgan fingerprint density at radius 3 is 1.34 bits per heavy atom. The molecule has 1 aliphatic heterocycles. The van der Waals surface area contributed by atoms with E-state index in [4.69, 9.17) is 0 Å². The summed E-state index contributed by atoms with van der Waals surface area (Å²) in [6.45, 7) is 26.7. The van der Waals surface area contributed by atoms with E-state index in [1.54, 1.807) is 53.7 Å². The smallest absolute Gasteiger partial charge is 0.246 e. The second-order valence-corrected chi connectivity index (χ2v) is 26.2. The highest BCUT2D eigenvalue weighted by atomic mass is 16.3. The third-order valence-electron chi connectivity index (χ3n) is 16.1. The summed E-state index contributed by atoms with van der Waals surface area (Å²) < 4.78 is 0. The van der Waals surface area contributed by atoms with Gasteiger partial charge in [-0.25, -0.2) is 0 Å². The van der Waals surface area contributed by atoms with Crippen LogP contribution in [0.5, 0.6) is 0 Å². The zero-order valence-electron chi connectivity index (χ0n) is 56.2. The predicted octanol–water partition coefficient (Wildman–Crippen LogP) is 2.24. The van der Waals surface area contributed by atoms with Gasteiger partial charge in [0.25, 0.3) is 0 Å². The lowest BCUT2D eigenvalue weighted by Crippen LogP contribution is -2.63. The van der Waals surface area contributed by atoms with E-state index in [1.807, 2.05) is 55.4 Å². The van der Waals surface area contributed by atoms with Gasteiger partial charge in [0, 0.05) is 55.9 Å². The van der Waals surface area contributed by atoms with Crippen LogP contribution in [-0.2, 0) is 52.7 Å². The van der Waals surface area contributed by atoms with E-state index in [0.29, 0.717) is 0 Å². The van der Waals surface area contributed by atoms with E-state index in [9.17, 15) is 53.4 Å². The van der Waals surface area contributed by atoms with Gasteiger partial charge in [0.1, 0.15) is 60.4 Å². The number of allylic oxidation sites excluding steroid dienone is 2. The molecular weight excluding hydrogens is 1110 g/mol. The Bertz CT molecular complexity index is 2350. The molecule has 1 rings (SSSR count). The number of nitrogens with one attached hydrogen (secondary N) is 4. The molecule has 11 amide bonds. The molecular formula is C62H111N11O13. The van der Waals surface area contributed by atoms with E-state index in [1.165, 1.54) is 87.7 Å². The lowest BCUT2D eigenvalue weighted by atomic mass is 9.91. The Kier molecular flexibility index (Phi) is 32.2. The molecule has 6 N–H and O–H groups in total. The van der Waals surface area contributed by atoms with Crippen molar-refractivity contribution >= 4 is 65.0 Å². The number of carbonyl (C=O) groups excluding carboxylic acids is 11. The fourth-order valence-corrected chi connectivity index (χ4v) is 10.7. The minimum atomic E-state index is -1.69. The Morgan fingerprint density at radius 1 is 0.465 bits per heavy atom. The van der Waals surface area contributed by atoms with Crippen LogP contribution in [0.15, 0.2) is 12.2 Å². The van der Waals surface area contributed by atoms with Crippen LogP contribution in [0.3, 0.4) is 0 Å². The van der Waals surface area contributed by atoms with Gasteiger partial charge in [-0.1, -0.05) is 102 Å². The number of likely N-dealkylation sites (N-methyl/N-ethyl adjacent to an activating group) is 7. The molecule has 0 aromatic heterocycles. The van der Waals surface area contributed by atoms with Crippen LogP contribution in [0.1, 0.15) is 149 Å². The van der Waals surface area contributed by atoms with Crippen molar-refractivity contribution in [3.63, 3.8) is 0 Å². The standard InChI is InChI=1S/C62H111N11O13/c1-24-25-26-40(14)52(76)51-56(80)65-43(27-28-74)58(82)67(17)33-48(75)68(18)44(29-34(2)3)55(79)66-49(38(10)11)61(85)69(19)45(30-35(4)5)54(78)63-41(15)53(77)64-42(16)57(81)70(20)46(31-36(6)7)59(83)71(21)47(32-37(8)9)60(84)72(22)50(39(12)13)62(86)73(51)23/h24-25,34-47,49-52,74,76H,26-33H2,1-23H3,(H,63,78)(H,64,77)(H,65,80)(H,66,79)/b25-24+/t40-,41+,42+,43+,44+,45+,46+,47+,49+,50+,51+,52-/m1/s1. The van der Waals surface area contributed by atoms with Crippen LogP contribution >= 0.6 is 0 Å². The molecule has 0 aromatic rings. The zero-order chi connectivity index (χ0) is 66.7. The van der Waals surface area contributed by atoms with E-state index in [-0.39, 0.29) is 62.2 Å². The van der Waals surface area contributed by atoms with Crippen LogP contribution in [0, 0.1) is 41.4 Å². The fourth-order valence-electron chi connectivity index (χ4n) is 10.7. The molecule has 24 heteroatoms. The molecule has 0 radical (unpaired) electrons. The van der Waals surface area contributed by atoms with E-state index >= 15 is 9.59 Å². The van der Waals surface area contributed by atoms with Gasteiger partial charge in [0.05, 0.1) is 12.6 Å². The minimum absolute atomic E-state index is 0.124. The van der Waals surface area contributed by atoms with Crippen molar-refractivity contribution in [3.8, 4) is 0 Å². The monoisotopic (exact) mass is 1220 g/mol. The molecule has 0 unspecified atom stereocenters. The number of nitrogens with zero attached hydrogens (tertiary/aromatic N) is 7. The van der Waals surface area contributed by atoms with E-state index in [2.05, 4.69) is 21.3 Å². The third kappa shape index (κ3) is 21.9. The largest absolute Gasteiger partial charge is 0.396 e. The van der Waals surface area contributed by atoms with Crippen molar-refractivity contribution in [1.29, 1.82) is 0 Å². The number of aliphatic hydroxyl groups is 2. The summed E-state index contributed by atoms with van der Waals surface area (Å²) >= 11 is 0. The van der Waals surface area contributed by atoms with Crippen molar-refractivity contribution in [2.45, 2.75) is 216 Å². The van der Waals surface area contributed by atoms with Crippen LogP contribution in [-0.4, -0.2) is 238 Å². The summed E-state index contributed by atoms with van der Waals surface area (Å²) in [7, 11) is 9.71. The van der Waals surface area contributed by atoms with Gasteiger partial charge in [0.15, 0.2) is 0 Å². The lowest BCUT2D eigenvalue weighted by molar-refractivity contribution is -0.157. The molecule has 0 bridgehead atoms. The second-order valence-electron chi connectivity index (χ2n) is 26.2. The minimum Gasteiger partial charge on any atom is -0.396 e. The number of hydrogen-bond acceptors (Lipinski definition) is 13. The zero-order valence-corrected chi connectivity index (χ0v) is 56.2. The number of hydrogen-bond donors (Lipinski definition) is 6. The number of amides is 11. The maximum absolute atomic E-state index is 15.1. The molecule has 0 aromatic carbocycles. The van der Waals surface area contributed by atoms with Crippen molar-refractivity contribution in [1.82, 2.24) is 55.6 Å². The van der Waals surface area contributed by atoms with Gasteiger partial charge in [0.2, 0.25) is 65.0 Å². The summed E-state index contributed by atoms with van der Waals surface area (Å²) in [5.41, 5.74) is 0. The molecule has 1 saturated heterocycles. The Morgan fingerprint density at radius 2 is 0.884 bits per heavy atom. The first-order valence-corrected chi connectivity index (χ1v) is 30.7. The van der Waals surface area contributed by atoms with Crippen LogP contribution in [0.4, 0.5) is 0 Å². The molecule has 492 valence electrons. The normalized spacial score (nSPS) is 26.7. The molecule has 0 spiro atoms. The molecule has 86 heavy (non-hydrogen) atoms. The fraction of sp³-hybridized carbons (Fsp3) is 0.790.